The molecule has 0 saturated heterocycles. The summed E-state index contributed by atoms with van der Waals surface area (Å²) in [6, 6.07) is 21.4. The molecule has 3 nitrogen and oxygen atoms in total. The van der Waals surface area contributed by atoms with Crippen LogP contribution in [0.15, 0.2) is 79.1 Å². The fourth-order valence-electron chi connectivity index (χ4n) is 4.90. The second kappa shape index (κ2) is 7.08. The van der Waals surface area contributed by atoms with Crippen molar-refractivity contribution in [1.29, 1.82) is 0 Å². The molecule has 1 atom stereocenters. The lowest BCUT2D eigenvalue weighted by Gasteiger charge is -2.45. The topological polar surface area (TPSA) is 42.0 Å². The third kappa shape index (κ3) is 2.93. The molecule has 1 unspecified atom stereocenters. The van der Waals surface area contributed by atoms with Gasteiger partial charge in [0.15, 0.2) is 0 Å². The molecule has 2 aromatic carbocycles. The molecule has 3 aliphatic rings. The van der Waals surface area contributed by atoms with Gasteiger partial charge in [0.2, 0.25) is 5.91 Å². The fourth-order valence-corrected chi connectivity index (χ4v) is 4.90. The maximum atomic E-state index is 12.3. The van der Waals surface area contributed by atoms with Crippen LogP contribution in [0.1, 0.15) is 46.1 Å². The largest absolute Gasteiger partial charge is 0.352 e. The van der Waals surface area contributed by atoms with Crippen molar-refractivity contribution in [2.45, 2.75) is 18.3 Å². The number of carbonyl (C=O) groups excluding carboxylic acids is 1. The number of fused-ring (bicyclic) bond motifs is 1. The number of rotatable bonds is 4. The minimum Gasteiger partial charge on any atom is -0.352 e. The quantitative estimate of drug-likeness (QED) is 0.691. The lowest BCUT2D eigenvalue weighted by atomic mass is 9.59. The molecule has 0 aliphatic heterocycles. The van der Waals surface area contributed by atoms with Crippen LogP contribution in [0.25, 0.3) is 6.08 Å². The third-order valence-electron chi connectivity index (χ3n) is 6.07. The number of nitrogens with one attached hydrogen (secondary N) is 1. The van der Waals surface area contributed by atoms with Gasteiger partial charge in [0, 0.05) is 36.9 Å². The van der Waals surface area contributed by atoms with E-state index in [2.05, 4.69) is 58.8 Å². The number of amides is 1. The van der Waals surface area contributed by atoms with E-state index in [0.29, 0.717) is 24.3 Å². The zero-order chi connectivity index (χ0) is 18.9. The zero-order valence-electron chi connectivity index (χ0n) is 15.6. The monoisotopic (exact) mass is 366 g/mol. The lowest BCUT2D eigenvalue weighted by molar-refractivity contribution is -0.116. The summed E-state index contributed by atoms with van der Waals surface area (Å²) < 4.78 is 0. The standard InChI is InChI=1S/C25H22N2O/c28-24(12-11-17-6-5-13-26-15-17)27-16-18-14-23-19-7-1-3-9-21(19)25(18)22-10-4-2-8-20(22)23/h1-13,15,18,23,25H,14,16H2,(H,27,28)/b12-11+. The summed E-state index contributed by atoms with van der Waals surface area (Å²) in [5.74, 6) is 1.17. The van der Waals surface area contributed by atoms with Crippen LogP contribution in [0.5, 0.6) is 0 Å². The van der Waals surface area contributed by atoms with E-state index >= 15 is 0 Å². The highest BCUT2D eigenvalue weighted by molar-refractivity contribution is 5.91. The predicted octanol–water partition coefficient (Wildman–Crippen LogP) is 4.51. The Bertz CT molecular complexity index is 994. The number of carbonyl (C=O) groups is 1. The lowest BCUT2D eigenvalue weighted by Crippen LogP contribution is -2.38. The zero-order valence-corrected chi connectivity index (χ0v) is 15.6. The Kier molecular flexibility index (Phi) is 4.28. The molecule has 3 heteroatoms. The predicted molar refractivity (Wildman–Crippen MR) is 111 cm³/mol. The van der Waals surface area contributed by atoms with Crippen molar-refractivity contribution in [3.8, 4) is 0 Å². The summed E-state index contributed by atoms with van der Waals surface area (Å²) in [6.45, 7) is 0.694. The molecule has 6 rings (SSSR count). The second-order valence-electron chi connectivity index (χ2n) is 7.65. The molecular weight excluding hydrogens is 344 g/mol. The first kappa shape index (κ1) is 16.9. The fraction of sp³-hybridized carbons (Fsp3) is 0.200. The van der Waals surface area contributed by atoms with Crippen molar-refractivity contribution < 1.29 is 4.79 Å². The van der Waals surface area contributed by atoms with Gasteiger partial charge in [0.05, 0.1) is 0 Å². The summed E-state index contributed by atoms with van der Waals surface area (Å²) in [6.07, 6.45) is 7.97. The third-order valence-corrected chi connectivity index (χ3v) is 6.07. The van der Waals surface area contributed by atoms with E-state index in [1.165, 1.54) is 22.3 Å². The molecule has 2 bridgehead atoms. The molecular formula is C25H22N2O. The van der Waals surface area contributed by atoms with Crippen LogP contribution in [-0.4, -0.2) is 17.4 Å². The minimum absolute atomic E-state index is 0.0492. The average Bonchev–Trinajstić information content (AvgIpc) is 2.77. The van der Waals surface area contributed by atoms with Gasteiger partial charge in [-0.2, -0.15) is 0 Å². The van der Waals surface area contributed by atoms with Gasteiger partial charge < -0.3 is 5.32 Å². The van der Waals surface area contributed by atoms with Crippen molar-refractivity contribution in [3.05, 3.63) is 107 Å². The first-order valence-electron chi connectivity index (χ1n) is 9.85. The number of nitrogens with zero attached hydrogens (tertiary/aromatic N) is 1. The molecule has 28 heavy (non-hydrogen) atoms. The van der Waals surface area contributed by atoms with E-state index in [1.807, 2.05) is 12.1 Å². The van der Waals surface area contributed by atoms with Gasteiger partial charge in [0.25, 0.3) is 0 Å². The van der Waals surface area contributed by atoms with Gasteiger partial charge >= 0.3 is 0 Å². The van der Waals surface area contributed by atoms with Crippen molar-refractivity contribution in [2.24, 2.45) is 5.92 Å². The molecule has 0 radical (unpaired) electrons. The Balaban J connectivity index is 1.35. The highest BCUT2D eigenvalue weighted by atomic mass is 16.1. The van der Waals surface area contributed by atoms with Crippen LogP contribution < -0.4 is 5.32 Å². The van der Waals surface area contributed by atoms with Crippen LogP contribution in [0, 0.1) is 5.92 Å². The number of aromatic nitrogens is 1. The van der Waals surface area contributed by atoms with Crippen molar-refractivity contribution in [3.63, 3.8) is 0 Å². The van der Waals surface area contributed by atoms with Crippen molar-refractivity contribution in [2.75, 3.05) is 6.54 Å². The number of hydrogen-bond donors (Lipinski definition) is 1. The van der Waals surface area contributed by atoms with Gasteiger partial charge in [-0.25, -0.2) is 0 Å². The molecule has 0 saturated carbocycles. The molecule has 138 valence electrons. The van der Waals surface area contributed by atoms with E-state index in [0.717, 1.165) is 12.0 Å². The summed E-state index contributed by atoms with van der Waals surface area (Å²) in [4.78, 5) is 16.4. The van der Waals surface area contributed by atoms with Crippen molar-refractivity contribution >= 4 is 12.0 Å². The van der Waals surface area contributed by atoms with Crippen LogP contribution in [-0.2, 0) is 4.79 Å². The number of hydrogen-bond acceptors (Lipinski definition) is 2. The molecule has 1 aromatic heterocycles. The molecule has 1 heterocycles. The van der Waals surface area contributed by atoms with Gasteiger partial charge in [-0.15, -0.1) is 0 Å². The highest BCUT2D eigenvalue weighted by Gasteiger charge is 2.42. The molecule has 0 fully saturated rings. The van der Waals surface area contributed by atoms with E-state index < -0.39 is 0 Å². The van der Waals surface area contributed by atoms with Crippen LogP contribution in [0.3, 0.4) is 0 Å². The van der Waals surface area contributed by atoms with Gasteiger partial charge in [-0.3, -0.25) is 9.78 Å². The van der Waals surface area contributed by atoms with Crippen LogP contribution in [0.2, 0.25) is 0 Å². The van der Waals surface area contributed by atoms with E-state index in [-0.39, 0.29) is 5.91 Å². The highest BCUT2D eigenvalue weighted by Crippen LogP contribution is 2.55. The number of pyridine rings is 1. The van der Waals surface area contributed by atoms with Gasteiger partial charge in [-0.05, 0) is 52.3 Å². The smallest absolute Gasteiger partial charge is 0.244 e. The molecule has 3 aliphatic carbocycles. The van der Waals surface area contributed by atoms with Gasteiger partial charge in [0.1, 0.15) is 0 Å². The van der Waals surface area contributed by atoms with E-state index in [4.69, 9.17) is 0 Å². The Labute approximate surface area is 165 Å². The van der Waals surface area contributed by atoms with Crippen molar-refractivity contribution in [1.82, 2.24) is 10.3 Å². The summed E-state index contributed by atoms with van der Waals surface area (Å²) >= 11 is 0. The Morgan fingerprint density at radius 3 is 2.29 bits per heavy atom. The summed E-state index contributed by atoms with van der Waals surface area (Å²) in [5, 5.41) is 3.12. The molecule has 0 spiro atoms. The normalized spacial score (nSPS) is 21.9. The molecule has 1 amide bonds. The second-order valence-corrected chi connectivity index (χ2v) is 7.65. The summed E-state index contributed by atoms with van der Waals surface area (Å²) in [5.41, 5.74) is 6.72. The Morgan fingerprint density at radius 2 is 1.64 bits per heavy atom. The average molecular weight is 366 g/mol. The van der Waals surface area contributed by atoms with E-state index in [9.17, 15) is 4.79 Å². The first-order chi connectivity index (χ1) is 13.8. The molecule has 1 N–H and O–H groups in total. The van der Waals surface area contributed by atoms with Gasteiger partial charge in [-0.1, -0.05) is 54.6 Å². The SMILES string of the molecule is O=C(/C=C/c1cccnc1)NCC1CC2c3ccccc3C1c1ccccc12. The Hall–Kier alpha value is -3.20. The maximum Gasteiger partial charge on any atom is 0.244 e. The van der Waals surface area contributed by atoms with Crippen LogP contribution in [0.4, 0.5) is 0 Å². The van der Waals surface area contributed by atoms with E-state index in [1.54, 1.807) is 24.5 Å². The Morgan fingerprint density at radius 1 is 0.964 bits per heavy atom. The maximum absolute atomic E-state index is 12.3. The summed E-state index contributed by atoms with van der Waals surface area (Å²) in [7, 11) is 0. The van der Waals surface area contributed by atoms with Crippen LogP contribution >= 0.6 is 0 Å². The number of benzene rings is 2. The first-order valence-corrected chi connectivity index (χ1v) is 9.85. The minimum atomic E-state index is -0.0492. The molecule has 3 aromatic rings.